The number of nitrogens with zero attached hydrogens (tertiary/aromatic N) is 1. The second-order valence-corrected chi connectivity index (χ2v) is 6.05. The highest BCUT2D eigenvalue weighted by molar-refractivity contribution is 7.15. The lowest BCUT2D eigenvalue weighted by Crippen LogP contribution is -2.08. The number of aryl methyl sites for hydroxylation is 1. The Labute approximate surface area is 121 Å². The molecule has 1 atom stereocenters. The van der Waals surface area contributed by atoms with E-state index < -0.39 is 0 Å². The van der Waals surface area contributed by atoms with E-state index in [9.17, 15) is 0 Å². The molecule has 0 fully saturated rings. The molecule has 1 aromatic carbocycles. The van der Waals surface area contributed by atoms with Crippen LogP contribution in [0.4, 0.5) is 10.8 Å². The van der Waals surface area contributed by atoms with Crippen LogP contribution in [0.5, 0.6) is 0 Å². The Hall–Kier alpha value is -1.10. The molecule has 5 heteroatoms. The van der Waals surface area contributed by atoms with Gasteiger partial charge in [0.05, 0.1) is 16.7 Å². The summed E-state index contributed by atoms with van der Waals surface area (Å²) in [6, 6.07) is 7.65. The summed E-state index contributed by atoms with van der Waals surface area (Å²) in [6.45, 7) is 0. The molecule has 2 aromatic rings. The van der Waals surface area contributed by atoms with Crippen molar-refractivity contribution in [3.05, 3.63) is 39.9 Å². The topological polar surface area (TPSA) is 34.1 Å². The van der Waals surface area contributed by atoms with Gasteiger partial charge in [-0.15, -0.1) is 0 Å². The fourth-order valence-corrected chi connectivity index (χ4v) is 3.59. The Bertz CT molecular complexity index is 567. The molecule has 0 spiro atoms. The molecule has 0 bridgehead atoms. The number of nitrogens with one attached hydrogen (secondary N) is 1. The maximum atomic E-state index is 5.88. The van der Waals surface area contributed by atoms with Gasteiger partial charge in [-0.25, -0.2) is 4.98 Å². The Morgan fingerprint density at radius 3 is 2.89 bits per heavy atom. The molecule has 0 radical (unpaired) electrons. The van der Waals surface area contributed by atoms with Crippen molar-refractivity contribution in [1.82, 2.24) is 4.98 Å². The van der Waals surface area contributed by atoms with Crippen LogP contribution in [-0.4, -0.2) is 12.1 Å². The SMILES string of the molecule is COC1CCCc2nc(Nc3ccc(Cl)cc3)sc21. The van der Waals surface area contributed by atoms with E-state index in [4.69, 9.17) is 16.3 Å². The summed E-state index contributed by atoms with van der Waals surface area (Å²) in [5.41, 5.74) is 2.18. The number of benzene rings is 1. The molecule has 1 heterocycles. The molecule has 1 aliphatic carbocycles. The summed E-state index contributed by atoms with van der Waals surface area (Å²) in [5.74, 6) is 0. The maximum Gasteiger partial charge on any atom is 0.187 e. The number of fused-ring (bicyclic) bond motifs is 1. The molecular weight excluding hydrogens is 280 g/mol. The molecule has 1 aromatic heterocycles. The predicted molar refractivity (Wildman–Crippen MR) is 79.5 cm³/mol. The minimum atomic E-state index is 0.210. The van der Waals surface area contributed by atoms with Crippen LogP contribution in [0.3, 0.4) is 0 Å². The van der Waals surface area contributed by atoms with E-state index in [0.29, 0.717) is 0 Å². The number of anilines is 2. The number of rotatable bonds is 3. The van der Waals surface area contributed by atoms with Gasteiger partial charge in [-0.1, -0.05) is 22.9 Å². The monoisotopic (exact) mass is 294 g/mol. The van der Waals surface area contributed by atoms with Crippen LogP contribution < -0.4 is 5.32 Å². The average molecular weight is 295 g/mol. The minimum Gasteiger partial charge on any atom is -0.376 e. The second kappa shape index (κ2) is 5.49. The molecule has 0 amide bonds. The van der Waals surface area contributed by atoms with Crippen LogP contribution in [0, 0.1) is 0 Å². The Balaban J connectivity index is 1.82. The first-order valence-corrected chi connectivity index (χ1v) is 7.50. The highest BCUT2D eigenvalue weighted by atomic mass is 35.5. The third kappa shape index (κ3) is 2.76. The summed E-state index contributed by atoms with van der Waals surface area (Å²) in [4.78, 5) is 5.93. The fourth-order valence-electron chi connectivity index (χ4n) is 2.32. The molecule has 0 aliphatic heterocycles. The predicted octanol–water partition coefficient (Wildman–Crippen LogP) is 4.56. The number of thiazole rings is 1. The van der Waals surface area contributed by atoms with Crippen LogP contribution in [0.25, 0.3) is 0 Å². The molecule has 3 rings (SSSR count). The third-order valence-electron chi connectivity index (χ3n) is 3.28. The van der Waals surface area contributed by atoms with Gasteiger partial charge in [0.2, 0.25) is 0 Å². The fraction of sp³-hybridized carbons (Fsp3) is 0.357. The average Bonchev–Trinajstić information content (AvgIpc) is 2.83. The van der Waals surface area contributed by atoms with Gasteiger partial charge >= 0.3 is 0 Å². The summed E-state index contributed by atoms with van der Waals surface area (Å²) >= 11 is 7.56. The van der Waals surface area contributed by atoms with E-state index in [1.54, 1.807) is 18.4 Å². The van der Waals surface area contributed by atoms with E-state index in [2.05, 4.69) is 10.3 Å². The molecule has 0 saturated carbocycles. The van der Waals surface area contributed by atoms with Gasteiger partial charge in [0.1, 0.15) is 0 Å². The molecule has 1 aliphatic rings. The molecule has 1 N–H and O–H groups in total. The van der Waals surface area contributed by atoms with Crippen molar-refractivity contribution < 1.29 is 4.74 Å². The third-order valence-corrected chi connectivity index (χ3v) is 4.64. The lowest BCUT2D eigenvalue weighted by molar-refractivity contribution is 0.0908. The smallest absolute Gasteiger partial charge is 0.187 e. The van der Waals surface area contributed by atoms with Crippen molar-refractivity contribution >= 4 is 33.8 Å². The van der Waals surface area contributed by atoms with Gasteiger partial charge < -0.3 is 10.1 Å². The van der Waals surface area contributed by atoms with Crippen molar-refractivity contribution in [2.75, 3.05) is 12.4 Å². The first-order valence-electron chi connectivity index (χ1n) is 6.31. The Morgan fingerprint density at radius 1 is 1.37 bits per heavy atom. The van der Waals surface area contributed by atoms with Crippen molar-refractivity contribution in [2.45, 2.75) is 25.4 Å². The number of methoxy groups -OCH3 is 1. The van der Waals surface area contributed by atoms with E-state index in [1.807, 2.05) is 24.3 Å². The lowest BCUT2D eigenvalue weighted by atomic mass is 10.0. The van der Waals surface area contributed by atoms with Crippen molar-refractivity contribution in [2.24, 2.45) is 0 Å². The lowest BCUT2D eigenvalue weighted by Gasteiger charge is -2.18. The van der Waals surface area contributed by atoms with E-state index in [1.165, 1.54) is 10.6 Å². The van der Waals surface area contributed by atoms with Gasteiger partial charge in [-0.2, -0.15) is 0 Å². The van der Waals surface area contributed by atoms with Crippen LogP contribution in [0.15, 0.2) is 24.3 Å². The van der Waals surface area contributed by atoms with Gasteiger partial charge in [-0.05, 0) is 43.5 Å². The minimum absolute atomic E-state index is 0.210. The van der Waals surface area contributed by atoms with Crippen LogP contribution in [-0.2, 0) is 11.2 Å². The van der Waals surface area contributed by atoms with Crippen LogP contribution >= 0.6 is 22.9 Å². The number of halogens is 1. The van der Waals surface area contributed by atoms with Crippen molar-refractivity contribution in [3.8, 4) is 0 Å². The second-order valence-electron chi connectivity index (χ2n) is 4.58. The van der Waals surface area contributed by atoms with Crippen molar-refractivity contribution in [1.29, 1.82) is 0 Å². The van der Waals surface area contributed by atoms with E-state index in [-0.39, 0.29) is 6.10 Å². The Kier molecular flexibility index (Phi) is 3.73. The van der Waals surface area contributed by atoms with E-state index >= 15 is 0 Å². The summed E-state index contributed by atoms with van der Waals surface area (Å²) in [7, 11) is 1.77. The largest absolute Gasteiger partial charge is 0.376 e. The molecule has 100 valence electrons. The van der Waals surface area contributed by atoms with Crippen molar-refractivity contribution in [3.63, 3.8) is 0 Å². The Morgan fingerprint density at radius 2 is 2.16 bits per heavy atom. The first kappa shape index (κ1) is 12.9. The molecule has 1 unspecified atom stereocenters. The molecule has 3 nitrogen and oxygen atoms in total. The highest BCUT2D eigenvalue weighted by Crippen LogP contribution is 2.38. The van der Waals surface area contributed by atoms with Crippen LogP contribution in [0.2, 0.25) is 5.02 Å². The van der Waals surface area contributed by atoms with E-state index in [0.717, 1.165) is 35.1 Å². The normalized spacial score (nSPS) is 18.1. The zero-order valence-corrected chi connectivity index (χ0v) is 12.2. The van der Waals surface area contributed by atoms with Crippen LogP contribution in [0.1, 0.15) is 29.5 Å². The summed E-state index contributed by atoms with van der Waals surface area (Å²) in [6.07, 6.45) is 3.50. The molecule has 19 heavy (non-hydrogen) atoms. The molecular formula is C14H15ClN2OS. The number of hydrogen-bond donors (Lipinski definition) is 1. The standard InChI is InChI=1S/C14H15ClN2OS/c1-18-12-4-2-3-11-13(12)19-14(17-11)16-10-7-5-9(15)6-8-10/h5-8,12H,2-4H2,1H3,(H,16,17). The number of aromatic nitrogens is 1. The van der Waals surface area contributed by atoms with Gasteiger partial charge in [0, 0.05) is 17.8 Å². The number of ether oxygens (including phenoxy) is 1. The summed E-state index contributed by atoms with van der Waals surface area (Å²) < 4.78 is 5.52. The number of hydrogen-bond acceptors (Lipinski definition) is 4. The zero-order chi connectivity index (χ0) is 13.2. The van der Waals surface area contributed by atoms with Gasteiger partial charge in [0.15, 0.2) is 5.13 Å². The van der Waals surface area contributed by atoms with Gasteiger partial charge in [-0.3, -0.25) is 0 Å². The first-order chi connectivity index (χ1) is 9.26. The zero-order valence-electron chi connectivity index (χ0n) is 10.6. The maximum absolute atomic E-state index is 5.88. The molecule has 0 saturated heterocycles. The quantitative estimate of drug-likeness (QED) is 0.901. The summed E-state index contributed by atoms with van der Waals surface area (Å²) in [5, 5.41) is 4.99. The van der Waals surface area contributed by atoms with Gasteiger partial charge in [0.25, 0.3) is 0 Å². The highest BCUT2D eigenvalue weighted by Gasteiger charge is 2.24.